The number of carbonyl (C=O) groups is 1. The van der Waals surface area contributed by atoms with E-state index < -0.39 is 6.10 Å². The molecule has 0 spiro atoms. The number of aliphatic hydroxyl groups excluding tert-OH is 1. The Labute approximate surface area is 226 Å². The number of nitrogens with one attached hydrogen (secondary N) is 3. The third-order valence-corrected chi connectivity index (χ3v) is 6.96. The van der Waals surface area contributed by atoms with Gasteiger partial charge in [0.1, 0.15) is 5.75 Å². The first kappa shape index (κ1) is 27.4. The van der Waals surface area contributed by atoms with Gasteiger partial charge in [-0.3, -0.25) is 9.59 Å². The van der Waals surface area contributed by atoms with Gasteiger partial charge in [-0.1, -0.05) is 54.1 Å². The lowest BCUT2D eigenvalue weighted by atomic mass is 10.0. The Balaban J connectivity index is 1.30. The van der Waals surface area contributed by atoms with Crippen LogP contribution in [0.25, 0.3) is 10.9 Å². The van der Waals surface area contributed by atoms with Gasteiger partial charge < -0.3 is 25.8 Å². The molecule has 4 aromatic rings. The zero-order valence-electron chi connectivity index (χ0n) is 21.4. The second-order valence-electron chi connectivity index (χ2n) is 9.67. The van der Waals surface area contributed by atoms with Gasteiger partial charge in [-0.2, -0.15) is 0 Å². The zero-order valence-corrected chi connectivity index (χ0v) is 22.2. The predicted molar refractivity (Wildman–Crippen MR) is 151 cm³/mol. The summed E-state index contributed by atoms with van der Waals surface area (Å²) in [5, 5.41) is 28.5. The Morgan fingerprint density at radius 1 is 1.03 bits per heavy atom. The van der Waals surface area contributed by atoms with Gasteiger partial charge in [0.2, 0.25) is 11.5 Å². The molecule has 1 aromatic heterocycles. The number of aryl methyl sites for hydroxylation is 1. The summed E-state index contributed by atoms with van der Waals surface area (Å²) in [7, 11) is 0. The highest BCUT2D eigenvalue weighted by Crippen LogP contribution is 2.28. The number of hydrogen-bond acceptors (Lipinski definition) is 5. The molecule has 0 bridgehead atoms. The van der Waals surface area contributed by atoms with Crippen molar-refractivity contribution in [1.29, 1.82) is 0 Å². The zero-order chi connectivity index (χ0) is 27.2. The second kappa shape index (κ2) is 12.3. The second-order valence-corrected chi connectivity index (χ2v) is 10.1. The van der Waals surface area contributed by atoms with Gasteiger partial charge in [0.05, 0.1) is 18.0 Å². The number of aliphatic hydroxyl groups is 1. The molecule has 7 nitrogen and oxygen atoms in total. The Kier molecular flexibility index (Phi) is 8.84. The molecule has 5 N–H and O–H groups in total. The third kappa shape index (κ3) is 7.01. The highest BCUT2D eigenvalue weighted by Gasteiger charge is 2.15. The Morgan fingerprint density at radius 2 is 1.82 bits per heavy atom. The van der Waals surface area contributed by atoms with E-state index >= 15 is 0 Å². The average Bonchev–Trinajstić information content (AvgIpc) is 2.88. The molecule has 4 rings (SSSR count). The van der Waals surface area contributed by atoms with Crippen LogP contribution in [0.2, 0.25) is 5.02 Å². The molecule has 1 amide bonds. The summed E-state index contributed by atoms with van der Waals surface area (Å²) in [5.74, 6) is -0.0984. The van der Waals surface area contributed by atoms with Crippen LogP contribution >= 0.6 is 11.6 Å². The number of aromatic hydroxyl groups is 1. The van der Waals surface area contributed by atoms with Crippen LogP contribution in [0.15, 0.2) is 71.5 Å². The SMILES string of the molecule is Cc1ccc(CNC(=O)Cc2cccc(CC(C)NC[C@H](O)c3ccc(O)c4[nH]c(=O)ccc34)c2)cc1Cl. The van der Waals surface area contributed by atoms with Crippen LogP contribution in [0.4, 0.5) is 0 Å². The largest absolute Gasteiger partial charge is 0.506 e. The first-order valence-corrected chi connectivity index (χ1v) is 12.9. The van der Waals surface area contributed by atoms with Crippen LogP contribution in [-0.2, 0) is 24.2 Å². The number of benzene rings is 3. The Hall–Kier alpha value is -3.65. The fourth-order valence-corrected chi connectivity index (χ4v) is 4.66. The van der Waals surface area contributed by atoms with Crippen LogP contribution in [-0.4, -0.2) is 33.7 Å². The normalized spacial score (nSPS) is 12.8. The molecule has 1 heterocycles. The van der Waals surface area contributed by atoms with Crippen LogP contribution in [0.1, 0.15) is 40.8 Å². The molecule has 0 aliphatic carbocycles. The summed E-state index contributed by atoms with van der Waals surface area (Å²) in [6.07, 6.45) is 0.169. The minimum Gasteiger partial charge on any atom is -0.506 e. The quantitative estimate of drug-likeness (QED) is 0.208. The summed E-state index contributed by atoms with van der Waals surface area (Å²) in [6, 6.07) is 19.9. The lowest BCUT2D eigenvalue weighted by molar-refractivity contribution is -0.120. The number of phenolic OH excluding ortho intramolecular Hbond substituents is 1. The molecule has 0 fully saturated rings. The van der Waals surface area contributed by atoms with Crippen molar-refractivity contribution in [3.05, 3.63) is 110 Å². The Morgan fingerprint density at radius 3 is 2.61 bits per heavy atom. The number of aromatic amines is 1. The number of rotatable bonds is 10. The fraction of sp³-hybridized carbons (Fsp3) is 0.267. The average molecular weight is 534 g/mol. The third-order valence-electron chi connectivity index (χ3n) is 6.55. The van der Waals surface area contributed by atoms with Crippen molar-refractivity contribution in [3.63, 3.8) is 0 Å². The summed E-state index contributed by atoms with van der Waals surface area (Å²) < 4.78 is 0. The van der Waals surface area contributed by atoms with E-state index in [2.05, 4.69) is 15.6 Å². The smallest absolute Gasteiger partial charge is 0.248 e. The number of phenols is 1. The monoisotopic (exact) mass is 533 g/mol. The summed E-state index contributed by atoms with van der Waals surface area (Å²) in [5.41, 5.74) is 4.59. The van der Waals surface area contributed by atoms with Crippen LogP contribution in [0.3, 0.4) is 0 Å². The number of amides is 1. The van der Waals surface area contributed by atoms with E-state index in [1.54, 1.807) is 12.1 Å². The summed E-state index contributed by atoms with van der Waals surface area (Å²) in [6.45, 7) is 4.70. The van der Waals surface area contributed by atoms with Gasteiger partial charge in [0.15, 0.2) is 0 Å². The number of pyridine rings is 1. The molecular weight excluding hydrogens is 502 g/mol. The molecule has 0 aliphatic rings. The molecule has 198 valence electrons. The fourth-order valence-electron chi connectivity index (χ4n) is 4.46. The highest BCUT2D eigenvalue weighted by atomic mass is 35.5. The van der Waals surface area contributed by atoms with Gasteiger partial charge in [0, 0.05) is 35.6 Å². The van der Waals surface area contributed by atoms with Crippen molar-refractivity contribution in [1.82, 2.24) is 15.6 Å². The van der Waals surface area contributed by atoms with Crippen molar-refractivity contribution in [2.45, 2.75) is 45.4 Å². The van der Waals surface area contributed by atoms with Gasteiger partial charge in [-0.05, 0) is 66.3 Å². The Bertz CT molecular complexity index is 1500. The first-order chi connectivity index (χ1) is 18.2. The van der Waals surface area contributed by atoms with Crippen LogP contribution < -0.4 is 16.2 Å². The standard InChI is InChI=1S/C30H32ClN3O4/c1-18-6-7-22(14-25(18)31)16-33-29(38)15-21-5-3-4-20(13-21)12-19(2)32-17-27(36)23-8-10-26(35)30-24(23)9-11-28(37)34-30/h3-11,13-14,19,27,32,35-36H,12,15-17H2,1-2H3,(H,33,38)(H,34,37)/t19?,27-/m0/s1. The van der Waals surface area contributed by atoms with Crippen molar-refractivity contribution < 1.29 is 15.0 Å². The van der Waals surface area contributed by atoms with E-state index in [1.807, 2.05) is 56.3 Å². The maximum Gasteiger partial charge on any atom is 0.248 e. The number of fused-ring (bicyclic) bond motifs is 1. The van der Waals surface area contributed by atoms with E-state index in [-0.39, 0.29) is 29.7 Å². The van der Waals surface area contributed by atoms with Crippen molar-refractivity contribution in [2.24, 2.45) is 0 Å². The molecule has 1 unspecified atom stereocenters. The summed E-state index contributed by atoms with van der Waals surface area (Å²) >= 11 is 6.17. The molecular formula is C30H32ClN3O4. The number of aromatic nitrogens is 1. The first-order valence-electron chi connectivity index (χ1n) is 12.6. The van der Waals surface area contributed by atoms with E-state index in [1.165, 1.54) is 12.1 Å². The van der Waals surface area contributed by atoms with Crippen LogP contribution in [0.5, 0.6) is 5.75 Å². The molecule has 0 radical (unpaired) electrons. The van der Waals surface area contributed by atoms with Gasteiger partial charge in [-0.25, -0.2) is 0 Å². The molecule has 0 saturated carbocycles. The van der Waals surface area contributed by atoms with Crippen molar-refractivity contribution >= 4 is 28.4 Å². The maximum absolute atomic E-state index is 12.5. The van der Waals surface area contributed by atoms with E-state index in [0.29, 0.717) is 41.0 Å². The maximum atomic E-state index is 12.5. The van der Waals surface area contributed by atoms with Crippen LogP contribution in [0, 0.1) is 6.92 Å². The topological polar surface area (TPSA) is 114 Å². The number of H-pyrrole nitrogens is 1. The minimum absolute atomic E-state index is 0.0388. The van der Waals surface area contributed by atoms with E-state index in [9.17, 15) is 19.8 Å². The molecule has 0 aliphatic heterocycles. The number of halogens is 1. The minimum atomic E-state index is -0.829. The number of hydrogen-bond donors (Lipinski definition) is 5. The van der Waals surface area contributed by atoms with Crippen molar-refractivity contribution in [2.75, 3.05) is 6.54 Å². The lowest BCUT2D eigenvalue weighted by Crippen LogP contribution is -2.32. The number of carbonyl (C=O) groups excluding carboxylic acids is 1. The van der Waals surface area contributed by atoms with Crippen molar-refractivity contribution in [3.8, 4) is 5.75 Å². The molecule has 0 saturated heterocycles. The molecule has 2 atom stereocenters. The predicted octanol–water partition coefficient (Wildman–Crippen LogP) is 4.31. The summed E-state index contributed by atoms with van der Waals surface area (Å²) in [4.78, 5) is 26.7. The van der Waals surface area contributed by atoms with E-state index in [0.717, 1.165) is 22.3 Å². The van der Waals surface area contributed by atoms with E-state index in [4.69, 9.17) is 11.6 Å². The molecule has 38 heavy (non-hydrogen) atoms. The molecule has 8 heteroatoms. The van der Waals surface area contributed by atoms with Gasteiger partial charge in [0.25, 0.3) is 0 Å². The van der Waals surface area contributed by atoms with Gasteiger partial charge in [-0.15, -0.1) is 0 Å². The highest BCUT2D eigenvalue weighted by molar-refractivity contribution is 6.31. The lowest BCUT2D eigenvalue weighted by Gasteiger charge is -2.19. The van der Waals surface area contributed by atoms with Gasteiger partial charge >= 0.3 is 0 Å². The molecule has 3 aromatic carbocycles.